The number of benzene rings is 1. The SMILES string of the molecule is CCCCc1ccc(COCC(F)CCCCN2C[C@H](O)[C@@H](O)[C@H](O)[C@@H](O)C2)cc1. The second kappa shape index (κ2) is 13.3. The van der Waals surface area contributed by atoms with Crippen molar-refractivity contribution in [2.24, 2.45) is 0 Å². The molecule has 1 heterocycles. The van der Waals surface area contributed by atoms with Crippen molar-refractivity contribution in [2.75, 3.05) is 26.2 Å². The second-order valence-electron chi connectivity index (χ2n) is 8.40. The third kappa shape index (κ3) is 8.57. The van der Waals surface area contributed by atoms with Gasteiger partial charge >= 0.3 is 0 Å². The molecule has 2 rings (SSSR count). The van der Waals surface area contributed by atoms with Gasteiger partial charge in [-0.1, -0.05) is 37.6 Å². The summed E-state index contributed by atoms with van der Waals surface area (Å²) < 4.78 is 19.6. The third-order valence-electron chi connectivity index (χ3n) is 5.68. The van der Waals surface area contributed by atoms with E-state index >= 15 is 0 Å². The summed E-state index contributed by atoms with van der Waals surface area (Å²) >= 11 is 0. The van der Waals surface area contributed by atoms with Crippen molar-refractivity contribution in [1.82, 2.24) is 4.90 Å². The highest BCUT2D eigenvalue weighted by molar-refractivity contribution is 5.22. The normalized spacial score (nSPS) is 26.5. The summed E-state index contributed by atoms with van der Waals surface area (Å²) in [5, 5.41) is 39.2. The fraction of sp³-hybridized carbons (Fsp3) is 0.739. The molecule has 1 aliphatic rings. The molecule has 172 valence electrons. The van der Waals surface area contributed by atoms with Gasteiger partial charge in [0.2, 0.25) is 0 Å². The molecule has 0 bridgehead atoms. The molecule has 30 heavy (non-hydrogen) atoms. The number of aliphatic hydroxyl groups is 4. The van der Waals surface area contributed by atoms with Gasteiger partial charge in [0, 0.05) is 13.1 Å². The average molecular weight is 428 g/mol. The maximum atomic E-state index is 14.1. The lowest BCUT2D eigenvalue weighted by molar-refractivity contribution is -0.0894. The number of rotatable bonds is 12. The molecule has 1 saturated heterocycles. The number of alkyl halides is 1. The van der Waals surface area contributed by atoms with E-state index in [1.54, 1.807) is 4.90 Å². The van der Waals surface area contributed by atoms with Crippen molar-refractivity contribution in [3.63, 3.8) is 0 Å². The number of aliphatic hydroxyl groups excluding tert-OH is 4. The molecule has 7 heteroatoms. The molecule has 0 amide bonds. The predicted molar refractivity (Wildman–Crippen MR) is 114 cm³/mol. The summed E-state index contributed by atoms with van der Waals surface area (Å²) in [6.07, 6.45) is -0.775. The minimum Gasteiger partial charge on any atom is -0.389 e. The van der Waals surface area contributed by atoms with Crippen LogP contribution in [0.3, 0.4) is 0 Å². The molecule has 1 unspecified atom stereocenters. The van der Waals surface area contributed by atoms with E-state index < -0.39 is 30.6 Å². The van der Waals surface area contributed by atoms with Crippen molar-refractivity contribution in [1.29, 1.82) is 0 Å². The number of hydrogen-bond acceptors (Lipinski definition) is 6. The van der Waals surface area contributed by atoms with Crippen LogP contribution in [-0.2, 0) is 17.8 Å². The first-order chi connectivity index (χ1) is 14.4. The van der Waals surface area contributed by atoms with Gasteiger partial charge < -0.3 is 25.2 Å². The van der Waals surface area contributed by atoms with Gasteiger partial charge in [-0.15, -0.1) is 0 Å². The second-order valence-corrected chi connectivity index (χ2v) is 8.40. The summed E-state index contributed by atoms with van der Waals surface area (Å²) in [7, 11) is 0. The number of β-amino-alcohol motifs (C(OH)–C–C–N with tert-alkyl or cyclic N) is 2. The average Bonchev–Trinajstić information content (AvgIpc) is 2.82. The van der Waals surface area contributed by atoms with Gasteiger partial charge in [0.05, 0.1) is 25.4 Å². The van der Waals surface area contributed by atoms with Gasteiger partial charge in [0.25, 0.3) is 0 Å². The highest BCUT2D eigenvalue weighted by Gasteiger charge is 2.35. The molecule has 1 aromatic carbocycles. The molecule has 6 nitrogen and oxygen atoms in total. The smallest absolute Gasteiger partial charge is 0.123 e. The Labute approximate surface area is 179 Å². The molecule has 0 saturated carbocycles. The zero-order valence-electron chi connectivity index (χ0n) is 18.0. The number of likely N-dealkylation sites (tertiary alicyclic amines) is 1. The molecule has 1 aliphatic heterocycles. The molecule has 5 atom stereocenters. The number of hydrogen-bond donors (Lipinski definition) is 4. The highest BCUT2D eigenvalue weighted by Crippen LogP contribution is 2.15. The predicted octanol–water partition coefficient (Wildman–Crippen LogP) is 1.81. The lowest BCUT2D eigenvalue weighted by Crippen LogP contribution is -2.43. The molecule has 0 aliphatic carbocycles. The Morgan fingerprint density at radius 2 is 1.57 bits per heavy atom. The number of ether oxygens (including phenoxy) is 1. The van der Waals surface area contributed by atoms with Gasteiger partial charge in [-0.3, -0.25) is 4.90 Å². The molecular formula is C23H38FNO5. The molecule has 1 aromatic rings. The minimum absolute atomic E-state index is 0.0666. The van der Waals surface area contributed by atoms with Crippen LogP contribution in [-0.4, -0.2) is 82.2 Å². The summed E-state index contributed by atoms with van der Waals surface area (Å²) in [5.74, 6) is 0. The van der Waals surface area contributed by atoms with Gasteiger partial charge in [0.1, 0.15) is 18.4 Å². The molecule has 0 spiro atoms. The van der Waals surface area contributed by atoms with E-state index in [0.717, 1.165) is 12.0 Å². The monoisotopic (exact) mass is 427 g/mol. The van der Waals surface area contributed by atoms with Crippen molar-refractivity contribution in [3.8, 4) is 0 Å². The maximum Gasteiger partial charge on any atom is 0.123 e. The van der Waals surface area contributed by atoms with Crippen LogP contribution in [0.15, 0.2) is 24.3 Å². The Hall–Kier alpha value is -1.09. The quantitative estimate of drug-likeness (QED) is 0.380. The minimum atomic E-state index is -1.36. The van der Waals surface area contributed by atoms with Gasteiger partial charge in [-0.2, -0.15) is 0 Å². The van der Waals surface area contributed by atoms with E-state index in [1.807, 2.05) is 12.1 Å². The number of aryl methyl sites for hydroxylation is 1. The number of halogens is 1. The molecule has 4 N–H and O–H groups in total. The van der Waals surface area contributed by atoms with E-state index in [2.05, 4.69) is 19.1 Å². The van der Waals surface area contributed by atoms with E-state index in [1.165, 1.54) is 18.4 Å². The largest absolute Gasteiger partial charge is 0.389 e. The van der Waals surface area contributed by atoms with E-state index in [0.29, 0.717) is 32.4 Å². The van der Waals surface area contributed by atoms with Crippen LogP contribution in [0.25, 0.3) is 0 Å². The fourth-order valence-electron chi connectivity index (χ4n) is 3.73. The van der Waals surface area contributed by atoms with Gasteiger partial charge in [-0.05, 0) is 49.8 Å². The first-order valence-corrected chi connectivity index (χ1v) is 11.1. The van der Waals surface area contributed by atoms with Gasteiger partial charge in [0.15, 0.2) is 0 Å². The Kier molecular flexibility index (Phi) is 11.2. The zero-order valence-corrected chi connectivity index (χ0v) is 18.0. The van der Waals surface area contributed by atoms with Crippen LogP contribution in [0.2, 0.25) is 0 Å². The van der Waals surface area contributed by atoms with Crippen molar-refractivity contribution in [2.45, 2.75) is 82.6 Å². The number of nitrogens with zero attached hydrogens (tertiary/aromatic N) is 1. The summed E-state index contributed by atoms with van der Waals surface area (Å²) in [6, 6.07) is 8.29. The van der Waals surface area contributed by atoms with Crippen molar-refractivity contribution < 1.29 is 29.6 Å². The first kappa shape index (κ1) is 25.2. The van der Waals surface area contributed by atoms with Gasteiger partial charge in [-0.25, -0.2) is 4.39 Å². The molecule has 0 radical (unpaired) electrons. The lowest BCUT2D eigenvalue weighted by Gasteiger charge is -2.23. The van der Waals surface area contributed by atoms with Crippen LogP contribution in [0.5, 0.6) is 0 Å². The van der Waals surface area contributed by atoms with Crippen molar-refractivity contribution in [3.05, 3.63) is 35.4 Å². The molecule has 1 fully saturated rings. The topological polar surface area (TPSA) is 93.4 Å². The fourth-order valence-corrected chi connectivity index (χ4v) is 3.73. The Bertz CT molecular complexity index is 571. The van der Waals surface area contributed by atoms with Crippen molar-refractivity contribution >= 4 is 0 Å². The molecule has 0 aromatic heterocycles. The van der Waals surface area contributed by atoms with Crippen LogP contribution in [0, 0.1) is 0 Å². The van der Waals surface area contributed by atoms with Crippen LogP contribution >= 0.6 is 0 Å². The van der Waals surface area contributed by atoms with E-state index in [9.17, 15) is 24.8 Å². The Morgan fingerprint density at radius 3 is 2.17 bits per heavy atom. The maximum absolute atomic E-state index is 14.1. The third-order valence-corrected chi connectivity index (χ3v) is 5.68. The van der Waals surface area contributed by atoms with E-state index in [4.69, 9.17) is 4.74 Å². The van der Waals surface area contributed by atoms with E-state index in [-0.39, 0.29) is 19.7 Å². The summed E-state index contributed by atoms with van der Waals surface area (Å²) in [4.78, 5) is 1.79. The highest BCUT2D eigenvalue weighted by atomic mass is 19.1. The van der Waals surface area contributed by atoms with Crippen LogP contribution < -0.4 is 0 Å². The van der Waals surface area contributed by atoms with Crippen LogP contribution in [0.1, 0.15) is 50.2 Å². The zero-order chi connectivity index (χ0) is 21.9. The van der Waals surface area contributed by atoms with Crippen LogP contribution in [0.4, 0.5) is 4.39 Å². The number of unbranched alkanes of at least 4 members (excludes halogenated alkanes) is 2. The lowest BCUT2D eigenvalue weighted by atomic mass is 10.1. The standard InChI is InChI=1S/C23H38FNO5/c1-2-3-6-17-8-10-18(11-9-17)15-30-16-19(24)7-4-5-12-25-13-20(26)22(28)23(29)21(27)14-25/h8-11,19-23,26-29H,2-7,12-16H2,1H3/t19?,20-,21-,22+,23+/m0/s1. The molecular weight excluding hydrogens is 389 g/mol. The first-order valence-electron chi connectivity index (χ1n) is 11.1. The summed E-state index contributed by atoms with van der Waals surface area (Å²) in [6.45, 7) is 3.56. The summed E-state index contributed by atoms with van der Waals surface area (Å²) in [5.41, 5.74) is 2.36. The Morgan fingerprint density at radius 1 is 0.967 bits per heavy atom. The Balaban J connectivity index is 1.58.